The summed E-state index contributed by atoms with van der Waals surface area (Å²) < 4.78 is 10.3. The number of amides is 1. The lowest BCUT2D eigenvalue weighted by Gasteiger charge is -2.00. The molecule has 0 fully saturated rings. The molecule has 0 unspecified atom stereocenters. The van der Waals surface area contributed by atoms with E-state index < -0.39 is 0 Å². The molecule has 1 N–H and O–H groups in total. The molecule has 0 radical (unpaired) electrons. The van der Waals surface area contributed by atoms with Crippen molar-refractivity contribution >= 4 is 17.5 Å². The molecule has 3 aromatic rings. The maximum absolute atomic E-state index is 11.8. The summed E-state index contributed by atoms with van der Waals surface area (Å²) in [5.41, 5.74) is 0.761. The second-order valence-corrected chi connectivity index (χ2v) is 5.31. The van der Waals surface area contributed by atoms with E-state index in [-0.39, 0.29) is 12.5 Å². The zero-order valence-corrected chi connectivity index (χ0v) is 12.9. The van der Waals surface area contributed by atoms with Crippen LogP contribution in [0.4, 0.5) is 0 Å². The monoisotopic (exact) mass is 331 g/mol. The predicted octanol–water partition coefficient (Wildman–Crippen LogP) is 3.23. The van der Waals surface area contributed by atoms with Gasteiger partial charge in [0.15, 0.2) is 0 Å². The van der Waals surface area contributed by atoms with Crippen LogP contribution in [0, 0.1) is 0 Å². The van der Waals surface area contributed by atoms with Crippen molar-refractivity contribution in [3.05, 3.63) is 59.3 Å². The summed E-state index contributed by atoms with van der Waals surface area (Å²) in [6, 6.07) is 10.8. The van der Waals surface area contributed by atoms with Crippen LogP contribution >= 0.6 is 11.6 Å². The first-order valence-corrected chi connectivity index (χ1v) is 7.46. The largest absolute Gasteiger partial charge is 0.469 e. The van der Waals surface area contributed by atoms with Gasteiger partial charge in [-0.3, -0.25) is 4.79 Å². The molecule has 6 nitrogen and oxygen atoms in total. The van der Waals surface area contributed by atoms with Crippen molar-refractivity contribution in [3.8, 4) is 11.4 Å². The number of furan rings is 1. The summed E-state index contributed by atoms with van der Waals surface area (Å²) in [4.78, 5) is 16.0. The smallest absolute Gasteiger partial charge is 0.246 e. The SMILES string of the molecule is O=C(CCc1ccco1)NCc1nc(-c2cccc(Cl)c2)no1. The van der Waals surface area contributed by atoms with Crippen LogP contribution in [0.5, 0.6) is 0 Å². The van der Waals surface area contributed by atoms with Crippen molar-refractivity contribution < 1.29 is 13.7 Å². The molecular weight excluding hydrogens is 318 g/mol. The lowest BCUT2D eigenvalue weighted by atomic mass is 10.2. The van der Waals surface area contributed by atoms with Gasteiger partial charge >= 0.3 is 0 Å². The maximum atomic E-state index is 11.8. The molecule has 0 saturated heterocycles. The van der Waals surface area contributed by atoms with Crippen molar-refractivity contribution in [2.45, 2.75) is 19.4 Å². The molecule has 2 heterocycles. The molecule has 7 heteroatoms. The van der Waals surface area contributed by atoms with Gasteiger partial charge < -0.3 is 14.3 Å². The molecule has 23 heavy (non-hydrogen) atoms. The molecule has 1 aromatic carbocycles. The topological polar surface area (TPSA) is 81.2 Å². The van der Waals surface area contributed by atoms with Gasteiger partial charge in [-0.15, -0.1) is 0 Å². The van der Waals surface area contributed by atoms with Gasteiger partial charge in [-0.1, -0.05) is 28.9 Å². The highest BCUT2D eigenvalue weighted by Crippen LogP contribution is 2.19. The van der Waals surface area contributed by atoms with Crippen molar-refractivity contribution in [3.63, 3.8) is 0 Å². The minimum absolute atomic E-state index is 0.107. The summed E-state index contributed by atoms with van der Waals surface area (Å²) in [5.74, 6) is 1.45. The molecular formula is C16H14ClN3O3. The average Bonchev–Trinajstić information content (AvgIpc) is 3.22. The van der Waals surface area contributed by atoms with Crippen LogP contribution in [0.2, 0.25) is 5.02 Å². The first kappa shape index (κ1) is 15.3. The van der Waals surface area contributed by atoms with Gasteiger partial charge in [0.25, 0.3) is 0 Å². The van der Waals surface area contributed by atoms with Gasteiger partial charge in [0.2, 0.25) is 17.6 Å². The summed E-state index contributed by atoms with van der Waals surface area (Å²) in [5, 5.41) is 7.21. The van der Waals surface area contributed by atoms with E-state index in [2.05, 4.69) is 15.5 Å². The fourth-order valence-electron chi connectivity index (χ4n) is 2.03. The molecule has 0 aliphatic heterocycles. The van der Waals surface area contributed by atoms with E-state index in [1.165, 1.54) is 0 Å². The van der Waals surface area contributed by atoms with Crippen LogP contribution in [-0.4, -0.2) is 16.0 Å². The average molecular weight is 332 g/mol. The molecule has 3 rings (SSSR count). The Morgan fingerprint density at radius 2 is 2.17 bits per heavy atom. The number of hydrogen-bond donors (Lipinski definition) is 1. The van der Waals surface area contributed by atoms with Gasteiger partial charge in [-0.2, -0.15) is 4.98 Å². The van der Waals surface area contributed by atoms with Gasteiger partial charge in [0.05, 0.1) is 12.8 Å². The minimum Gasteiger partial charge on any atom is -0.469 e. The number of nitrogens with zero attached hydrogens (tertiary/aromatic N) is 2. The van der Waals surface area contributed by atoms with Crippen molar-refractivity contribution in [2.75, 3.05) is 0 Å². The Morgan fingerprint density at radius 1 is 1.26 bits per heavy atom. The summed E-state index contributed by atoms with van der Waals surface area (Å²) in [6.07, 6.45) is 2.47. The molecule has 0 saturated carbocycles. The number of aryl methyl sites for hydroxylation is 1. The van der Waals surface area contributed by atoms with Crippen LogP contribution in [0.25, 0.3) is 11.4 Å². The number of rotatable bonds is 6. The van der Waals surface area contributed by atoms with E-state index in [4.69, 9.17) is 20.5 Å². The lowest BCUT2D eigenvalue weighted by molar-refractivity contribution is -0.121. The van der Waals surface area contributed by atoms with E-state index >= 15 is 0 Å². The van der Waals surface area contributed by atoms with Crippen LogP contribution in [0.3, 0.4) is 0 Å². The van der Waals surface area contributed by atoms with Crippen molar-refractivity contribution in [1.82, 2.24) is 15.5 Å². The zero-order chi connectivity index (χ0) is 16.1. The Balaban J connectivity index is 1.52. The fraction of sp³-hybridized carbons (Fsp3) is 0.188. The van der Waals surface area contributed by atoms with Gasteiger partial charge in [-0.05, 0) is 24.3 Å². The molecule has 1 amide bonds. The molecule has 0 aliphatic carbocycles. The van der Waals surface area contributed by atoms with E-state index in [1.54, 1.807) is 24.5 Å². The van der Waals surface area contributed by atoms with Crippen molar-refractivity contribution in [1.29, 1.82) is 0 Å². The number of nitrogens with one attached hydrogen (secondary N) is 1. The maximum Gasteiger partial charge on any atom is 0.246 e. The number of hydrogen-bond acceptors (Lipinski definition) is 5. The second kappa shape index (κ2) is 7.11. The Hall–Kier alpha value is -2.60. The van der Waals surface area contributed by atoms with Crippen LogP contribution in [0.1, 0.15) is 18.1 Å². The number of aromatic nitrogens is 2. The standard InChI is InChI=1S/C16H14ClN3O3/c17-12-4-1-3-11(9-12)16-19-15(23-20-16)10-18-14(21)7-6-13-5-2-8-22-13/h1-5,8-9H,6-7,10H2,(H,18,21). The van der Waals surface area contributed by atoms with Crippen LogP contribution in [0.15, 0.2) is 51.6 Å². The normalized spacial score (nSPS) is 10.7. The zero-order valence-electron chi connectivity index (χ0n) is 12.2. The number of benzene rings is 1. The van der Waals surface area contributed by atoms with Gasteiger partial charge in [0.1, 0.15) is 5.76 Å². The van der Waals surface area contributed by atoms with Gasteiger partial charge in [-0.25, -0.2) is 0 Å². The Bertz CT molecular complexity index is 783. The van der Waals surface area contributed by atoms with E-state index in [0.29, 0.717) is 29.6 Å². The lowest BCUT2D eigenvalue weighted by Crippen LogP contribution is -2.23. The Kier molecular flexibility index (Phi) is 4.73. The molecule has 2 aromatic heterocycles. The summed E-state index contributed by atoms with van der Waals surface area (Å²) in [7, 11) is 0. The van der Waals surface area contributed by atoms with E-state index in [1.807, 2.05) is 18.2 Å². The summed E-state index contributed by atoms with van der Waals surface area (Å²) in [6.45, 7) is 0.185. The van der Waals surface area contributed by atoms with E-state index in [9.17, 15) is 4.79 Å². The quantitative estimate of drug-likeness (QED) is 0.750. The molecule has 0 spiro atoms. The highest BCUT2D eigenvalue weighted by atomic mass is 35.5. The first-order chi connectivity index (χ1) is 11.2. The highest BCUT2D eigenvalue weighted by Gasteiger charge is 2.10. The Labute approximate surface area is 137 Å². The Morgan fingerprint density at radius 3 is 2.96 bits per heavy atom. The number of carbonyl (C=O) groups is 1. The third-order valence-electron chi connectivity index (χ3n) is 3.17. The predicted molar refractivity (Wildman–Crippen MR) is 83.6 cm³/mol. The first-order valence-electron chi connectivity index (χ1n) is 7.08. The minimum atomic E-state index is -0.107. The number of halogens is 1. The third kappa shape index (κ3) is 4.20. The summed E-state index contributed by atoms with van der Waals surface area (Å²) >= 11 is 5.93. The molecule has 0 bridgehead atoms. The third-order valence-corrected chi connectivity index (χ3v) is 3.40. The molecule has 0 atom stereocenters. The second-order valence-electron chi connectivity index (χ2n) is 4.88. The van der Waals surface area contributed by atoms with Crippen molar-refractivity contribution in [2.24, 2.45) is 0 Å². The number of carbonyl (C=O) groups excluding carboxylic acids is 1. The fourth-order valence-corrected chi connectivity index (χ4v) is 2.22. The van der Waals surface area contributed by atoms with E-state index in [0.717, 1.165) is 11.3 Å². The van der Waals surface area contributed by atoms with Crippen LogP contribution < -0.4 is 5.32 Å². The van der Waals surface area contributed by atoms with Crippen LogP contribution in [-0.2, 0) is 17.8 Å². The molecule has 0 aliphatic rings. The highest BCUT2D eigenvalue weighted by molar-refractivity contribution is 6.30. The van der Waals surface area contributed by atoms with Gasteiger partial charge in [0, 0.05) is 23.4 Å². The molecule has 118 valence electrons.